The summed E-state index contributed by atoms with van der Waals surface area (Å²) in [6.45, 7) is 5.56. The van der Waals surface area contributed by atoms with E-state index in [-0.39, 0.29) is 16.8 Å². The number of hydrogen-bond acceptors (Lipinski definition) is 0. The highest BCUT2D eigenvalue weighted by Crippen LogP contribution is 2.31. The molecule has 0 bridgehead atoms. The number of halogens is 1. The van der Waals surface area contributed by atoms with Crippen LogP contribution in [0.5, 0.6) is 0 Å². The summed E-state index contributed by atoms with van der Waals surface area (Å²) in [6.07, 6.45) is 1.73. The maximum absolute atomic E-state index is 14.3. The Labute approximate surface area is 125 Å². The molecule has 0 aliphatic rings. The first-order valence-corrected chi connectivity index (χ1v) is 6.72. The predicted octanol–water partition coefficient (Wildman–Crippen LogP) is 4.23. The Morgan fingerprint density at radius 2 is 1.90 bits per heavy atom. The van der Waals surface area contributed by atoms with E-state index >= 15 is 0 Å². The molecule has 0 saturated heterocycles. The minimum absolute atomic E-state index is 0.228. The molecule has 1 heterocycles. The SMILES string of the molecule is [2H]C([2H])([2H])c1cc[n+](C)c(-c2cc(C(C)(C)C)c(F)cc2C)c1. The normalized spacial score (nSPS) is 14.6. The van der Waals surface area contributed by atoms with Gasteiger partial charge in [0, 0.05) is 21.8 Å². The van der Waals surface area contributed by atoms with E-state index in [1.165, 1.54) is 6.07 Å². The van der Waals surface area contributed by atoms with E-state index in [9.17, 15) is 4.39 Å². The van der Waals surface area contributed by atoms with E-state index in [0.717, 1.165) is 16.8 Å². The van der Waals surface area contributed by atoms with Gasteiger partial charge in [-0.2, -0.15) is 0 Å². The minimum Gasteiger partial charge on any atom is -0.207 e. The van der Waals surface area contributed by atoms with Crippen molar-refractivity contribution in [2.75, 3.05) is 0 Å². The van der Waals surface area contributed by atoms with Crippen LogP contribution < -0.4 is 4.57 Å². The van der Waals surface area contributed by atoms with Gasteiger partial charge in [0.15, 0.2) is 6.20 Å². The molecular formula is C18H23FN+. The standard InChI is InChI=1S/C18H23FN/c1-12-7-8-20(6)17(9-12)14-11-15(18(3,4)5)16(19)10-13(14)2/h7-11H,1-6H3/q+1/i1D3. The smallest absolute Gasteiger partial charge is 0.207 e. The molecule has 1 aromatic carbocycles. The fourth-order valence-electron chi connectivity index (χ4n) is 2.36. The molecule has 0 saturated carbocycles. The Hall–Kier alpha value is -1.70. The third-order valence-corrected chi connectivity index (χ3v) is 3.55. The molecule has 0 atom stereocenters. The second-order valence-corrected chi connectivity index (χ2v) is 6.31. The van der Waals surface area contributed by atoms with Gasteiger partial charge in [0.2, 0.25) is 5.69 Å². The zero-order chi connectivity index (χ0) is 17.6. The largest absolute Gasteiger partial charge is 0.212 e. The predicted molar refractivity (Wildman–Crippen MR) is 81.2 cm³/mol. The van der Waals surface area contributed by atoms with Crippen molar-refractivity contribution in [1.29, 1.82) is 0 Å². The van der Waals surface area contributed by atoms with Crippen molar-refractivity contribution in [2.24, 2.45) is 7.05 Å². The van der Waals surface area contributed by atoms with Crippen LogP contribution in [-0.2, 0) is 12.5 Å². The maximum atomic E-state index is 14.3. The Bertz CT molecular complexity index is 743. The molecule has 0 N–H and O–H groups in total. The van der Waals surface area contributed by atoms with Crippen LogP contribution in [0.25, 0.3) is 11.3 Å². The second-order valence-electron chi connectivity index (χ2n) is 6.31. The van der Waals surface area contributed by atoms with Crippen molar-refractivity contribution in [3.8, 4) is 11.3 Å². The molecule has 0 radical (unpaired) electrons. The third kappa shape index (κ3) is 2.74. The van der Waals surface area contributed by atoms with Crippen molar-refractivity contribution in [3.05, 3.63) is 53.0 Å². The first-order valence-electron chi connectivity index (χ1n) is 8.22. The molecule has 0 unspecified atom stereocenters. The number of aromatic nitrogens is 1. The van der Waals surface area contributed by atoms with Gasteiger partial charge in [0.05, 0.1) is 0 Å². The molecule has 2 aromatic rings. The number of hydrogen-bond donors (Lipinski definition) is 0. The van der Waals surface area contributed by atoms with Crippen molar-refractivity contribution in [3.63, 3.8) is 0 Å². The van der Waals surface area contributed by atoms with Crippen LogP contribution in [0.4, 0.5) is 4.39 Å². The minimum atomic E-state index is -2.16. The van der Waals surface area contributed by atoms with Crippen LogP contribution >= 0.6 is 0 Å². The summed E-state index contributed by atoms with van der Waals surface area (Å²) in [5, 5.41) is 0. The molecule has 0 aliphatic heterocycles. The molecule has 20 heavy (non-hydrogen) atoms. The van der Waals surface area contributed by atoms with Crippen LogP contribution in [-0.4, -0.2) is 0 Å². The molecule has 0 aliphatic carbocycles. The molecule has 2 rings (SSSR count). The van der Waals surface area contributed by atoms with Gasteiger partial charge in [-0.15, -0.1) is 0 Å². The van der Waals surface area contributed by atoms with E-state index in [4.69, 9.17) is 4.11 Å². The fourth-order valence-corrected chi connectivity index (χ4v) is 2.36. The Morgan fingerprint density at radius 1 is 1.20 bits per heavy atom. The second kappa shape index (κ2) is 5.01. The summed E-state index contributed by atoms with van der Waals surface area (Å²) in [6, 6.07) is 6.63. The van der Waals surface area contributed by atoms with Crippen molar-refractivity contribution in [2.45, 2.75) is 40.0 Å². The summed E-state index contributed by atoms with van der Waals surface area (Å²) in [7, 11) is 1.86. The number of nitrogens with zero attached hydrogens (tertiary/aromatic N) is 1. The van der Waals surface area contributed by atoms with Crippen LogP contribution in [0.15, 0.2) is 30.5 Å². The number of pyridine rings is 1. The molecule has 0 spiro atoms. The van der Waals surface area contributed by atoms with Gasteiger partial charge in [0.1, 0.15) is 12.9 Å². The van der Waals surface area contributed by atoms with E-state index in [1.807, 2.05) is 45.4 Å². The highest BCUT2D eigenvalue weighted by atomic mass is 19.1. The van der Waals surface area contributed by atoms with Crippen molar-refractivity contribution in [1.82, 2.24) is 0 Å². The number of aryl methyl sites for hydroxylation is 3. The topological polar surface area (TPSA) is 3.88 Å². The monoisotopic (exact) mass is 275 g/mol. The first-order chi connectivity index (χ1) is 10.4. The molecule has 0 amide bonds. The Balaban J connectivity index is 2.72. The number of rotatable bonds is 1. The molecule has 106 valence electrons. The van der Waals surface area contributed by atoms with E-state index < -0.39 is 6.85 Å². The summed E-state index contributed by atoms with van der Waals surface area (Å²) in [5.74, 6) is -0.228. The van der Waals surface area contributed by atoms with Gasteiger partial charge in [0.25, 0.3) is 0 Å². The maximum Gasteiger partial charge on any atom is 0.212 e. The Kier molecular flexibility index (Phi) is 2.76. The highest BCUT2D eigenvalue weighted by molar-refractivity contribution is 5.63. The van der Waals surface area contributed by atoms with Crippen LogP contribution in [0.1, 0.15) is 41.6 Å². The molecular weight excluding hydrogens is 249 g/mol. The first kappa shape index (κ1) is 11.0. The summed E-state index contributed by atoms with van der Waals surface area (Å²) in [5.41, 5.74) is 2.98. The fraction of sp³-hybridized carbons (Fsp3) is 0.389. The van der Waals surface area contributed by atoms with Gasteiger partial charge >= 0.3 is 0 Å². The van der Waals surface area contributed by atoms with E-state index in [2.05, 4.69) is 0 Å². The molecule has 1 aromatic heterocycles. The summed E-state index contributed by atoms with van der Waals surface area (Å²) in [4.78, 5) is 0. The lowest BCUT2D eigenvalue weighted by Crippen LogP contribution is -2.30. The lowest BCUT2D eigenvalue weighted by atomic mass is 9.84. The zero-order valence-electron chi connectivity index (χ0n) is 15.7. The summed E-state index contributed by atoms with van der Waals surface area (Å²) >= 11 is 0. The van der Waals surface area contributed by atoms with Crippen molar-refractivity contribution >= 4 is 0 Å². The highest BCUT2D eigenvalue weighted by Gasteiger charge is 2.22. The number of benzene rings is 1. The van der Waals surface area contributed by atoms with Gasteiger partial charge in [-0.25, -0.2) is 8.96 Å². The van der Waals surface area contributed by atoms with Gasteiger partial charge in [-0.05, 0) is 48.0 Å². The van der Waals surface area contributed by atoms with Gasteiger partial charge in [-0.3, -0.25) is 0 Å². The lowest BCUT2D eigenvalue weighted by Gasteiger charge is -2.21. The molecule has 1 nitrogen and oxygen atoms in total. The van der Waals surface area contributed by atoms with Gasteiger partial charge < -0.3 is 0 Å². The van der Waals surface area contributed by atoms with Crippen LogP contribution in [0, 0.1) is 19.6 Å². The lowest BCUT2D eigenvalue weighted by molar-refractivity contribution is -0.660. The van der Waals surface area contributed by atoms with Crippen molar-refractivity contribution < 1.29 is 13.1 Å². The zero-order valence-corrected chi connectivity index (χ0v) is 12.7. The summed E-state index contributed by atoms with van der Waals surface area (Å²) < 4.78 is 39.0. The van der Waals surface area contributed by atoms with Crippen LogP contribution in [0.2, 0.25) is 0 Å². The molecule has 0 fully saturated rings. The molecule has 2 heteroatoms. The Morgan fingerprint density at radius 3 is 2.50 bits per heavy atom. The average molecular weight is 275 g/mol. The average Bonchev–Trinajstić information content (AvgIpc) is 2.37. The third-order valence-electron chi connectivity index (χ3n) is 3.55. The van der Waals surface area contributed by atoms with E-state index in [0.29, 0.717) is 5.56 Å². The van der Waals surface area contributed by atoms with Gasteiger partial charge in [-0.1, -0.05) is 20.8 Å². The van der Waals surface area contributed by atoms with E-state index in [1.54, 1.807) is 18.3 Å². The van der Waals surface area contributed by atoms with Crippen LogP contribution in [0.3, 0.4) is 0 Å². The quantitative estimate of drug-likeness (QED) is 0.686.